The minimum absolute atomic E-state index is 0.690. The highest BCUT2D eigenvalue weighted by Gasteiger charge is 2.18. The van der Waals surface area contributed by atoms with Gasteiger partial charge < -0.3 is 9.88 Å². The fourth-order valence-corrected chi connectivity index (χ4v) is 6.89. The highest BCUT2D eigenvalue weighted by molar-refractivity contribution is 6.13. The van der Waals surface area contributed by atoms with E-state index in [0.29, 0.717) is 5.82 Å². The first-order chi connectivity index (χ1) is 23.7. The number of nitrogens with one attached hydrogen (secondary N) is 1. The van der Waals surface area contributed by atoms with Crippen molar-refractivity contribution in [1.29, 1.82) is 0 Å². The second-order valence-corrected chi connectivity index (χ2v) is 12.0. The summed E-state index contributed by atoms with van der Waals surface area (Å²) in [4.78, 5) is 10.3. The minimum Gasteiger partial charge on any atom is -0.355 e. The lowest BCUT2D eigenvalue weighted by atomic mass is 10.0. The van der Waals surface area contributed by atoms with Gasteiger partial charge in [0.05, 0.1) is 22.2 Å². The Morgan fingerprint density at radius 2 is 1.33 bits per heavy atom. The Hall–Kier alpha value is -6.52. The van der Waals surface area contributed by atoms with E-state index in [4.69, 9.17) is 9.97 Å². The van der Waals surface area contributed by atoms with Crippen LogP contribution in [0.5, 0.6) is 0 Å². The van der Waals surface area contributed by atoms with Crippen LogP contribution in [0, 0.1) is 0 Å². The normalized spacial score (nSPS) is 11.4. The maximum atomic E-state index is 5.24. The molecule has 48 heavy (non-hydrogen) atoms. The smallest absolute Gasteiger partial charge is 0.160 e. The summed E-state index contributed by atoms with van der Waals surface area (Å²) in [5.74, 6) is 0.690. The lowest BCUT2D eigenvalue weighted by molar-refractivity contribution is 1.17. The monoisotopic (exact) mass is 614 g/mol. The van der Waals surface area contributed by atoms with Crippen LogP contribution in [0.4, 0.5) is 11.4 Å². The first kappa shape index (κ1) is 27.8. The average molecular weight is 615 g/mol. The number of nitrogens with zero attached hydrogens (tertiary/aromatic N) is 3. The van der Waals surface area contributed by atoms with Crippen LogP contribution in [-0.2, 0) is 0 Å². The number of para-hydroxylation sites is 3. The second-order valence-electron chi connectivity index (χ2n) is 12.0. The van der Waals surface area contributed by atoms with Gasteiger partial charge in [-0.15, -0.1) is 0 Å². The molecule has 0 atom stereocenters. The summed E-state index contributed by atoms with van der Waals surface area (Å²) in [6.45, 7) is 4.27. The van der Waals surface area contributed by atoms with Gasteiger partial charge in [0.1, 0.15) is 0 Å². The van der Waals surface area contributed by atoms with Crippen LogP contribution >= 0.6 is 0 Å². The van der Waals surface area contributed by atoms with Crippen molar-refractivity contribution in [1.82, 2.24) is 14.5 Å². The molecule has 0 bridgehead atoms. The van der Waals surface area contributed by atoms with Crippen LogP contribution in [0.1, 0.15) is 5.56 Å². The van der Waals surface area contributed by atoms with Crippen LogP contribution in [0.25, 0.3) is 77.9 Å². The summed E-state index contributed by atoms with van der Waals surface area (Å²) in [5, 5.41) is 9.41. The highest BCUT2D eigenvalue weighted by atomic mass is 15.0. The van der Waals surface area contributed by atoms with Crippen LogP contribution in [0.3, 0.4) is 0 Å². The molecule has 9 aromatic rings. The molecule has 1 N–H and O–H groups in total. The summed E-state index contributed by atoms with van der Waals surface area (Å²) in [6.07, 6.45) is 1.95. The summed E-state index contributed by atoms with van der Waals surface area (Å²) < 4.78 is 2.34. The molecule has 4 nitrogen and oxygen atoms in total. The van der Waals surface area contributed by atoms with Crippen molar-refractivity contribution in [2.75, 3.05) is 5.32 Å². The van der Waals surface area contributed by atoms with E-state index in [9.17, 15) is 0 Å². The Bertz CT molecular complexity index is 2670. The molecule has 0 saturated carbocycles. The van der Waals surface area contributed by atoms with Gasteiger partial charge in [-0.1, -0.05) is 122 Å². The summed E-state index contributed by atoms with van der Waals surface area (Å²) >= 11 is 0. The lowest BCUT2D eigenvalue weighted by Gasteiger charge is -2.15. The zero-order chi connectivity index (χ0) is 32.0. The zero-order valence-electron chi connectivity index (χ0n) is 26.1. The van der Waals surface area contributed by atoms with Crippen LogP contribution in [0.15, 0.2) is 164 Å². The van der Waals surface area contributed by atoms with Gasteiger partial charge >= 0.3 is 0 Å². The maximum absolute atomic E-state index is 5.24. The van der Waals surface area contributed by atoms with Crippen LogP contribution < -0.4 is 5.32 Å². The van der Waals surface area contributed by atoms with E-state index in [2.05, 4.69) is 150 Å². The van der Waals surface area contributed by atoms with Crippen LogP contribution in [-0.4, -0.2) is 14.5 Å². The standard InChI is InChI=1S/C44H30N4/c1-2-35-40(45-33-16-4-3-5-17-33)26-25-37-36-19-9-11-22-41(36)48(43(35)37)34-18-12-15-32(28-34)44-46-39-21-10-8-20-38(39)42(47-44)31-24-23-29-13-6-7-14-30(29)27-31/h2-28,45H,1H2. The summed E-state index contributed by atoms with van der Waals surface area (Å²) in [5.41, 5.74) is 10.2. The molecule has 9 rings (SSSR count). The van der Waals surface area contributed by atoms with Gasteiger partial charge in [0.25, 0.3) is 0 Å². The van der Waals surface area contributed by atoms with Crippen molar-refractivity contribution in [3.8, 4) is 28.3 Å². The molecule has 0 aliphatic rings. The predicted molar refractivity (Wildman–Crippen MR) is 202 cm³/mol. The molecular formula is C44H30N4. The van der Waals surface area contributed by atoms with E-state index in [1.165, 1.54) is 21.5 Å². The number of benzene rings is 7. The second kappa shape index (κ2) is 11.4. The fourth-order valence-electron chi connectivity index (χ4n) is 6.89. The average Bonchev–Trinajstić information content (AvgIpc) is 3.49. The molecule has 0 fully saturated rings. The van der Waals surface area contributed by atoms with Gasteiger partial charge in [-0.3, -0.25) is 0 Å². The molecule has 0 aliphatic heterocycles. The molecular weight excluding hydrogens is 585 g/mol. The molecule has 2 heterocycles. The van der Waals surface area contributed by atoms with Gasteiger partial charge in [-0.2, -0.15) is 0 Å². The van der Waals surface area contributed by atoms with Gasteiger partial charge in [-0.05, 0) is 59.3 Å². The topological polar surface area (TPSA) is 42.7 Å². The molecule has 0 unspecified atom stereocenters. The maximum Gasteiger partial charge on any atom is 0.160 e. The Morgan fingerprint density at radius 1 is 0.562 bits per heavy atom. The Morgan fingerprint density at radius 3 is 2.21 bits per heavy atom. The predicted octanol–water partition coefficient (Wildman–Crippen LogP) is 11.6. The fraction of sp³-hybridized carbons (Fsp3) is 0. The molecule has 0 amide bonds. The summed E-state index contributed by atoms with van der Waals surface area (Å²) in [7, 11) is 0. The van der Waals surface area contributed by atoms with Crippen molar-refractivity contribution >= 4 is 60.9 Å². The third-order valence-corrected chi connectivity index (χ3v) is 9.12. The number of hydrogen-bond acceptors (Lipinski definition) is 3. The van der Waals surface area contributed by atoms with Gasteiger partial charge in [-0.25, -0.2) is 9.97 Å². The van der Waals surface area contributed by atoms with E-state index >= 15 is 0 Å². The molecule has 7 aromatic carbocycles. The molecule has 0 radical (unpaired) electrons. The van der Waals surface area contributed by atoms with Gasteiger partial charge in [0.2, 0.25) is 0 Å². The van der Waals surface area contributed by atoms with E-state index in [-0.39, 0.29) is 0 Å². The van der Waals surface area contributed by atoms with E-state index in [1.54, 1.807) is 0 Å². The van der Waals surface area contributed by atoms with Gasteiger partial charge in [0, 0.05) is 49.9 Å². The molecule has 226 valence electrons. The Kier molecular flexibility index (Phi) is 6.58. The number of anilines is 2. The van der Waals surface area contributed by atoms with Crippen LogP contribution in [0.2, 0.25) is 0 Å². The number of rotatable bonds is 6. The third-order valence-electron chi connectivity index (χ3n) is 9.12. The molecule has 0 aliphatic carbocycles. The Labute approximate surface area is 278 Å². The minimum atomic E-state index is 0.690. The van der Waals surface area contributed by atoms with E-state index in [0.717, 1.165) is 61.4 Å². The van der Waals surface area contributed by atoms with Crippen molar-refractivity contribution in [3.63, 3.8) is 0 Å². The number of fused-ring (bicyclic) bond motifs is 5. The lowest BCUT2D eigenvalue weighted by Crippen LogP contribution is -2.00. The van der Waals surface area contributed by atoms with Crippen molar-refractivity contribution in [2.45, 2.75) is 0 Å². The molecule has 4 heteroatoms. The zero-order valence-corrected chi connectivity index (χ0v) is 26.1. The van der Waals surface area contributed by atoms with E-state index < -0.39 is 0 Å². The van der Waals surface area contributed by atoms with E-state index in [1.807, 2.05) is 30.3 Å². The quantitative estimate of drug-likeness (QED) is 0.203. The number of hydrogen-bond donors (Lipinski definition) is 1. The Balaban J connectivity index is 1.24. The van der Waals surface area contributed by atoms with Crippen molar-refractivity contribution < 1.29 is 0 Å². The summed E-state index contributed by atoms with van der Waals surface area (Å²) in [6, 6.07) is 55.0. The number of aromatic nitrogens is 3. The third kappa shape index (κ3) is 4.62. The highest BCUT2D eigenvalue weighted by Crippen LogP contribution is 2.39. The van der Waals surface area contributed by atoms with Crippen molar-refractivity contribution in [3.05, 3.63) is 170 Å². The van der Waals surface area contributed by atoms with Crippen molar-refractivity contribution in [2.24, 2.45) is 0 Å². The molecule has 2 aromatic heterocycles. The SMILES string of the molecule is C=Cc1c(Nc2ccccc2)ccc2c3ccccc3n(-c3cccc(-c4nc(-c5ccc6ccccc6c5)c5ccccc5n4)c3)c12. The first-order valence-electron chi connectivity index (χ1n) is 16.1. The largest absolute Gasteiger partial charge is 0.355 e. The van der Waals surface area contributed by atoms with Gasteiger partial charge in [0.15, 0.2) is 5.82 Å². The molecule has 0 spiro atoms. The first-order valence-corrected chi connectivity index (χ1v) is 16.1. The molecule has 0 saturated heterocycles.